The lowest BCUT2D eigenvalue weighted by atomic mass is 10.0. The van der Waals surface area contributed by atoms with Crippen molar-refractivity contribution < 1.29 is 18.7 Å². The van der Waals surface area contributed by atoms with Crippen molar-refractivity contribution in [3.63, 3.8) is 0 Å². The number of methoxy groups -OCH3 is 2. The van der Waals surface area contributed by atoms with Gasteiger partial charge in [-0.2, -0.15) is 0 Å². The van der Waals surface area contributed by atoms with E-state index in [2.05, 4.69) is 0 Å². The summed E-state index contributed by atoms with van der Waals surface area (Å²) in [5, 5.41) is -0.217. The molecule has 2 aromatic carbocycles. The summed E-state index contributed by atoms with van der Waals surface area (Å²) >= 11 is 5.85. The van der Waals surface area contributed by atoms with Gasteiger partial charge in [0.05, 0.1) is 19.2 Å². The molecule has 104 valence electrons. The second-order valence-corrected chi connectivity index (χ2v) is 4.35. The highest BCUT2D eigenvalue weighted by molar-refractivity contribution is 6.35. The molecule has 0 aliphatic heterocycles. The van der Waals surface area contributed by atoms with Gasteiger partial charge in [-0.05, 0) is 24.3 Å². The highest BCUT2D eigenvalue weighted by Gasteiger charge is 2.22. The fourth-order valence-electron chi connectivity index (χ4n) is 1.89. The molecule has 0 aliphatic rings. The predicted octanol–water partition coefficient (Wildman–Crippen LogP) is 3.73. The standard InChI is InChI=1S/C15H12ClFO3/c1-19-11-7-4-8-12(20-2)13(11)15(18)9-5-3-6-10(17)14(9)16/h3-8H,1-2H3. The molecule has 0 atom stereocenters. The van der Waals surface area contributed by atoms with Crippen LogP contribution in [0.2, 0.25) is 5.02 Å². The smallest absolute Gasteiger partial charge is 0.202 e. The van der Waals surface area contributed by atoms with Crippen molar-refractivity contribution in [1.82, 2.24) is 0 Å². The van der Waals surface area contributed by atoms with Gasteiger partial charge in [0, 0.05) is 5.56 Å². The Hall–Kier alpha value is -2.07. The number of ether oxygens (including phenoxy) is 2. The average molecular weight is 295 g/mol. The number of hydrogen-bond acceptors (Lipinski definition) is 3. The zero-order chi connectivity index (χ0) is 14.7. The van der Waals surface area contributed by atoms with E-state index >= 15 is 0 Å². The van der Waals surface area contributed by atoms with Gasteiger partial charge in [0.25, 0.3) is 0 Å². The molecule has 5 heteroatoms. The molecule has 0 aliphatic carbocycles. The van der Waals surface area contributed by atoms with E-state index in [0.717, 1.165) is 0 Å². The number of benzene rings is 2. The summed E-state index contributed by atoms with van der Waals surface area (Å²) in [7, 11) is 2.89. The van der Waals surface area contributed by atoms with Crippen molar-refractivity contribution in [2.24, 2.45) is 0 Å². The zero-order valence-corrected chi connectivity index (χ0v) is 11.7. The van der Waals surface area contributed by atoms with E-state index in [4.69, 9.17) is 21.1 Å². The molecular formula is C15H12ClFO3. The molecule has 0 bridgehead atoms. The Morgan fingerprint density at radius 2 is 1.60 bits per heavy atom. The van der Waals surface area contributed by atoms with E-state index in [0.29, 0.717) is 11.5 Å². The number of hydrogen-bond donors (Lipinski definition) is 0. The Morgan fingerprint density at radius 1 is 1.05 bits per heavy atom. The van der Waals surface area contributed by atoms with Crippen LogP contribution < -0.4 is 9.47 Å². The van der Waals surface area contributed by atoms with Gasteiger partial charge in [0.2, 0.25) is 5.78 Å². The second kappa shape index (κ2) is 5.92. The first kappa shape index (κ1) is 14.3. The zero-order valence-electron chi connectivity index (χ0n) is 10.9. The lowest BCUT2D eigenvalue weighted by molar-refractivity contribution is 0.103. The van der Waals surface area contributed by atoms with E-state index in [1.165, 1.54) is 32.4 Å². The second-order valence-electron chi connectivity index (χ2n) is 3.97. The summed E-state index contributed by atoms with van der Waals surface area (Å²) in [6, 6.07) is 9.03. The van der Waals surface area contributed by atoms with Gasteiger partial charge in [-0.1, -0.05) is 23.7 Å². The molecule has 0 saturated carbocycles. The molecule has 0 saturated heterocycles. The van der Waals surface area contributed by atoms with Crippen LogP contribution in [-0.4, -0.2) is 20.0 Å². The number of carbonyl (C=O) groups is 1. The minimum Gasteiger partial charge on any atom is -0.496 e. The van der Waals surface area contributed by atoms with Crippen molar-refractivity contribution in [2.45, 2.75) is 0 Å². The van der Waals surface area contributed by atoms with Gasteiger partial charge in [-0.15, -0.1) is 0 Å². The molecule has 0 unspecified atom stereocenters. The first-order valence-electron chi connectivity index (χ1n) is 5.79. The summed E-state index contributed by atoms with van der Waals surface area (Å²) < 4.78 is 23.8. The molecule has 0 spiro atoms. The molecular weight excluding hydrogens is 283 g/mol. The van der Waals surface area contributed by atoms with E-state index in [1.807, 2.05) is 0 Å². The van der Waals surface area contributed by atoms with Crippen molar-refractivity contribution >= 4 is 17.4 Å². The Morgan fingerprint density at radius 3 is 2.15 bits per heavy atom. The maximum Gasteiger partial charge on any atom is 0.202 e. The van der Waals surface area contributed by atoms with Gasteiger partial charge in [-0.25, -0.2) is 4.39 Å². The number of ketones is 1. The third-order valence-corrected chi connectivity index (χ3v) is 3.24. The monoisotopic (exact) mass is 294 g/mol. The quantitative estimate of drug-likeness (QED) is 0.806. The Labute approximate surface area is 120 Å². The predicted molar refractivity (Wildman–Crippen MR) is 74.4 cm³/mol. The van der Waals surface area contributed by atoms with Crippen molar-refractivity contribution in [2.75, 3.05) is 14.2 Å². The Kier molecular flexibility index (Phi) is 4.25. The van der Waals surface area contributed by atoms with E-state index < -0.39 is 11.6 Å². The summed E-state index contributed by atoms with van der Waals surface area (Å²) in [4.78, 5) is 12.6. The highest BCUT2D eigenvalue weighted by Crippen LogP contribution is 2.32. The molecule has 0 N–H and O–H groups in total. The van der Waals surface area contributed by atoms with Crippen LogP contribution in [0.4, 0.5) is 4.39 Å². The van der Waals surface area contributed by atoms with E-state index in [-0.39, 0.29) is 16.1 Å². The summed E-state index contributed by atoms with van der Waals surface area (Å²) in [6.07, 6.45) is 0. The van der Waals surface area contributed by atoms with Crippen LogP contribution >= 0.6 is 11.6 Å². The number of carbonyl (C=O) groups excluding carboxylic acids is 1. The van der Waals surface area contributed by atoms with Crippen LogP contribution in [0.5, 0.6) is 11.5 Å². The fraction of sp³-hybridized carbons (Fsp3) is 0.133. The highest BCUT2D eigenvalue weighted by atomic mass is 35.5. The topological polar surface area (TPSA) is 35.5 Å². The van der Waals surface area contributed by atoms with Gasteiger partial charge in [0.1, 0.15) is 22.9 Å². The summed E-state index contributed by atoms with van der Waals surface area (Å²) in [6.45, 7) is 0. The van der Waals surface area contributed by atoms with Crippen LogP contribution in [-0.2, 0) is 0 Å². The third kappa shape index (κ3) is 2.47. The first-order chi connectivity index (χ1) is 9.60. The molecule has 0 radical (unpaired) electrons. The minimum absolute atomic E-state index is 0.0643. The molecule has 2 rings (SSSR count). The maximum atomic E-state index is 13.5. The SMILES string of the molecule is COc1cccc(OC)c1C(=O)c1cccc(F)c1Cl. The number of rotatable bonds is 4. The molecule has 0 fully saturated rings. The van der Waals surface area contributed by atoms with Crippen molar-refractivity contribution in [3.8, 4) is 11.5 Å². The third-order valence-electron chi connectivity index (χ3n) is 2.85. The summed E-state index contributed by atoms with van der Waals surface area (Å²) in [5.74, 6) is -0.417. The van der Waals surface area contributed by atoms with Crippen molar-refractivity contribution in [1.29, 1.82) is 0 Å². The summed E-state index contributed by atoms with van der Waals surface area (Å²) in [5.41, 5.74) is 0.277. The lowest BCUT2D eigenvalue weighted by Crippen LogP contribution is -2.07. The molecule has 2 aromatic rings. The van der Waals surface area contributed by atoms with Crippen LogP contribution in [0.3, 0.4) is 0 Å². The first-order valence-corrected chi connectivity index (χ1v) is 6.17. The van der Waals surface area contributed by atoms with Crippen LogP contribution in [0, 0.1) is 5.82 Å². The molecule has 0 amide bonds. The maximum absolute atomic E-state index is 13.5. The van der Waals surface area contributed by atoms with E-state index in [9.17, 15) is 9.18 Å². The van der Waals surface area contributed by atoms with E-state index in [1.54, 1.807) is 18.2 Å². The lowest BCUT2D eigenvalue weighted by Gasteiger charge is -2.12. The average Bonchev–Trinajstić information content (AvgIpc) is 2.48. The van der Waals surface area contributed by atoms with Crippen LogP contribution in [0.15, 0.2) is 36.4 Å². The Bertz CT molecular complexity index is 633. The van der Waals surface area contributed by atoms with Crippen LogP contribution in [0.1, 0.15) is 15.9 Å². The van der Waals surface area contributed by atoms with Crippen molar-refractivity contribution in [3.05, 3.63) is 58.4 Å². The van der Waals surface area contributed by atoms with Gasteiger partial charge in [0.15, 0.2) is 0 Å². The molecule has 3 nitrogen and oxygen atoms in total. The van der Waals surface area contributed by atoms with Gasteiger partial charge in [-0.3, -0.25) is 4.79 Å². The van der Waals surface area contributed by atoms with Gasteiger partial charge < -0.3 is 9.47 Å². The van der Waals surface area contributed by atoms with Gasteiger partial charge >= 0.3 is 0 Å². The normalized spacial score (nSPS) is 10.2. The molecule has 0 aromatic heterocycles. The number of halogens is 2. The Balaban J connectivity index is 2.61. The largest absolute Gasteiger partial charge is 0.496 e. The van der Waals surface area contributed by atoms with Crippen LogP contribution in [0.25, 0.3) is 0 Å². The fourth-order valence-corrected chi connectivity index (χ4v) is 2.10. The molecule has 20 heavy (non-hydrogen) atoms. The molecule has 0 heterocycles. The minimum atomic E-state index is -0.647.